The maximum Gasteiger partial charge on any atom is 0.394 e. The van der Waals surface area contributed by atoms with E-state index in [1.54, 1.807) is 28.0 Å². The fraction of sp³-hybridized carbons (Fsp3) is 0.158. The minimum atomic E-state index is -4.67. The van der Waals surface area contributed by atoms with E-state index in [1.165, 1.54) is 0 Å². The molecule has 33 heavy (non-hydrogen) atoms. The van der Waals surface area contributed by atoms with Crippen molar-refractivity contribution in [2.45, 2.75) is 13.1 Å². The van der Waals surface area contributed by atoms with Crippen molar-refractivity contribution in [1.29, 1.82) is 0 Å². The van der Waals surface area contributed by atoms with E-state index < -0.39 is 10.4 Å². The van der Waals surface area contributed by atoms with Gasteiger partial charge in [0.1, 0.15) is 0 Å². The van der Waals surface area contributed by atoms with Gasteiger partial charge in [-0.3, -0.25) is 18.8 Å². The van der Waals surface area contributed by atoms with Gasteiger partial charge in [-0.2, -0.15) is 13.5 Å². The van der Waals surface area contributed by atoms with E-state index in [2.05, 4.69) is 36.4 Å². The highest BCUT2D eigenvalue weighted by Crippen LogP contribution is 2.19. The monoisotopic (exact) mass is 470 g/mol. The molecule has 0 aliphatic rings. The van der Waals surface area contributed by atoms with E-state index in [-0.39, 0.29) is 6.61 Å². The number of hydrogen-bond donors (Lipinski definition) is 3. The van der Waals surface area contributed by atoms with Crippen molar-refractivity contribution < 1.29 is 22.6 Å². The highest BCUT2D eigenvalue weighted by Gasteiger charge is 2.12. The Hall–Kier alpha value is -3.85. The van der Waals surface area contributed by atoms with Gasteiger partial charge in [-0.1, -0.05) is 17.3 Å². The van der Waals surface area contributed by atoms with Crippen LogP contribution in [-0.4, -0.2) is 69.0 Å². The van der Waals surface area contributed by atoms with Crippen LogP contribution in [-0.2, 0) is 23.5 Å². The number of hydrogen-bond acceptors (Lipinski definition) is 9. The molecule has 5 rings (SSSR count). The molecule has 0 aliphatic heterocycles. The zero-order valence-electron chi connectivity index (χ0n) is 17.0. The van der Waals surface area contributed by atoms with Crippen LogP contribution in [0.2, 0.25) is 0 Å². The zero-order chi connectivity index (χ0) is 23.4. The molecule has 3 N–H and O–H groups in total. The van der Waals surface area contributed by atoms with Gasteiger partial charge in [-0.25, -0.2) is 14.6 Å². The Kier molecular flexibility index (Phi) is 6.32. The summed E-state index contributed by atoms with van der Waals surface area (Å²) >= 11 is 0. The average Bonchev–Trinajstić information content (AvgIpc) is 3.40. The minimum Gasteiger partial charge on any atom is -0.394 e. The summed E-state index contributed by atoms with van der Waals surface area (Å²) in [5, 5.41) is 22.7. The second kappa shape index (κ2) is 9.33. The van der Waals surface area contributed by atoms with Gasteiger partial charge in [-0.15, -0.1) is 5.10 Å². The number of fused-ring (bicyclic) bond motifs is 2. The van der Waals surface area contributed by atoms with Crippen LogP contribution in [0.1, 0.15) is 5.56 Å². The van der Waals surface area contributed by atoms with E-state index in [9.17, 15) is 0 Å². The van der Waals surface area contributed by atoms with Gasteiger partial charge in [0, 0.05) is 23.3 Å². The van der Waals surface area contributed by atoms with E-state index >= 15 is 0 Å². The first kappa shape index (κ1) is 22.3. The fourth-order valence-electron chi connectivity index (χ4n) is 3.12. The molecule has 0 bridgehead atoms. The largest absolute Gasteiger partial charge is 0.394 e. The van der Waals surface area contributed by atoms with Crippen LogP contribution < -0.4 is 0 Å². The summed E-state index contributed by atoms with van der Waals surface area (Å²) in [7, 11) is -4.67. The van der Waals surface area contributed by atoms with Gasteiger partial charge in [-0.05, 0) is 23.8 Å². The Morgan fingerprint density at radius 3 is 2.67 bits per heavy atom. The van der Waals surface area contributed by atoms with Crippen LogP contribution in [0.15, 0.2) is 55.1 Å². The van der Waals surface area contributed by atoms with E-state index in [1.807, 2.05) is 30.5 Å². The summed E-state index contributed by atoms with van der Waals surface area (Å²) in [5.74, 6) is 0. The number of aromatic nitrogens is 8. The van der Waals surface area contributed by atoms with Crippen LogP contribution in [0, 0.1) is 0 Å². The molecule has 0 saturated heterocycles. The topological polar surface area (TPSA) is 182 Å². The van der Waals surface area contributed by atoms with Crippen molar-refractivity contribution in [3.63, 3.8) is 0 Å². The normalized spacial score (nSPS) is 11.5. The second-order valence-corrected chi connectivity index (χ2v) is 7.74. The predicted octanol–water partition coefficient (Wildman–Crippen LogP) is 1.02. The maximum absolute atomic E-state index is 9.04. The molecule has 1 aromatic carbocycles. The first-order valence-corrected chi connectivity index (χ1v) is 10.9. The number of aliphatic hydroxyl groups is 1. The Morgan fingerprint density at radius 1 is 1.06 bits per heavy atom. The molecule has 13 nitrogen and oxygen atoms in total. The Morgan fingerprint density at radius 2 is 1.88 bits per heavy atom. The lowest BCUT2D eigenvalue weighted by atomic mass is 10.1. The van der Waals surface area contributed by atoms with Crippen molar-refractivity contribution in [1.82, 2.24) is 39.7 Å². The third-order valence-electron chi connectivity index (χ3n) is 4.49. The maximum atomic E-state index is 9.04. The number of benzene rings is 1. The smallest absolute Gasteiger partial charge is 0.394 e. The third-order valence-corrected chi connectivity index (χ3v) is 4.49. The van der Waals surface area contributed by atoms with Crippen molar-refractivity contribution in [2.75, 3.05) is 6.61 Å². The SMILES string of the molecule is O=S(=O)(O)O.OCCn1cc(-c2cnc3nnn(Cc4ccc5ncccc5c4)c3n2)cn1. The van der Waals surface area contributed by atoms with Gasteiger partial charge in [0.15, 0.2) is 5.65 Å². The van der Waals surface area contributed by atoms with E-state index in [0.29, 0.717) is 30.1 Å². The highest BCUT2D eigenvalue weighted by atomic mass is 32.3. The quantitative estimate of drug-likeness (QED) is 0.312. The summed E-state index contributed by atoms with van der Waals surface area (Å²) in [5.41, 5.74) is 4.65. The predicted molar refractivity (Wildman–Crippen MR) is 116 cm³/mol. The lowest BCUT2D eigenvalue weighted by Crippen LogP contribution is -2.03. The molecule has 14 heteroatoms. The summed E-state index contributed by atoms with van der Waals surface area (Å²) in [4.78, 5) is 13.4. The van der Waals surface area contributed by atoms with Crippen LogP contribution in [0.25, 0.3) is 33.5 Å². The van der Waals surface area contributed by atoms with Crippen LogP contribution >= 0.6 is 0 Å². The van der Waals surface area contributed by atoms with E-state index in [0.717, 1.165) is 22.0 Å². The first-order valence-electron chi connectivity index (χ1n) is 9.53. The number of aliphatic hydroxyl groups excluding tert-OH is 1. The summed E-state index contributed by atoms with van der Waals surface area (Å²) in [6.45, 7) is 0.999. The first-order chi connectivity index (χ1) is 15.8. The Bertz CT molecular complexity index is 1510. The Labute approximate surface area is 186 Å². The van der Waals surface area contributed by atoms with Crippen LogP contribution in [0.3, 0.4) is 0 Å². The molecule has 0 amide bonds. The van der Waals surface area contributed by atoms with Gasteiger partial charge in [0.2, 0.25) is 5.65 Å². The summed E-state index contributed by atoms with van der Waals surface area (Å²) in [6, 6.07) is 10.1. The lowest BCUT2D eigenvalue weighted by Gasteiger charge is -2.04. The van der Waals surface area contributed by atoms with Crippen molar-refractivity contribution >= 4 is 32.6 Å². The number of nitrogens with zero attached hydrogens (tertiary/aromatic N) is 8. The Balaban J connectivity index is 0.000000471. The van der Waals surface area contributed by atoms with E-state index in [4.69, 9.17) is 22.6 Å². The highest BCUT2D eigenvalue weighted by molar-refractivity contribution is 7.79. The molecule has 4 aromatic heterocycles. The molecule has 0 radical (unpaired) electrons. The number of rotatable bonds is 5. The zero-order valence-corrected chi connectivity index (χ0v) is 17.8. The molecule has 5 aromatic rings. The number of pyridine rings is 1. The van der Waals surface area contributed by atoms with Crippen LogP contribution in [0.5, 0.6) is 0 Å². The molecule has 0 spiro atoms. The van der Waals surface area contributed by atoms with Gasteiger partial charge < -0.3 is 5.11 Å². The molecule has 0 atom stereocenters. The molecule has 4 heterocycles. The molecule has 0 aliphatic carbocycles. The molecule has 0 saturated carbocycles. The van der Waals surface area contributed by atoms with Gasteiger partial charge in [0.25, 0.3) is 0 Å². The lowest BCUT2D eigenvalue weighted by molar-refractivity contribution is 0.269. The molecular formula is C19H18N8O5S. The van der Waals surface area contributed by atoms with Gasteiger partial charge >= 0.3 is 10.4 Å². The second-order valence-electron chi connectivity index (χ2n) is 6.84. The fourth-order valence-corrected chi connectivity index (χ4v) is 3.12. The average molecular weight is 470 g/mol. The van der Waals surface area contributed by atoms with Crippen molar-refractivity contribution in [2.24, 2.45) is 0 Å². The molecule has 0 fully saturated rings. The van der Waals surface area contributed by atoms with Crippen molar-refractivity contribution in [3.8, 4) is 11.3 Å². The minimum absolute atomic E-state index is 0.0315. The summed E-state index contributed by atoms with van der Waals surface area (Å²) in [6.07, 6.45) is 6.97. The molecular weight excluding hydrogens is 452 g/mol. The molecule has 0 unspecified atom stereocenters. The third kappa shape index (κ3) is 5.69. The molecule has 170 valence electrons. The van der Waals surface area contributed by atoms with Crippen LogP contribution in [0.4, 0.5) is 0 Å². The summed E-state index contributed by atoms with van der Waals surface area (Å²) < 4.78 is 35.0. The standard InChI is InChI=1S/C19H16N8O.H2O4S/c28-7-6-26-12-15(9-22-26)17-10-21-18-19(23-17)27(25-24-18)11-13-3-4-16-14(8-13)2-1-5-20-16;1-5(2,3)4/h1-5,8-10,12,28H,6-7,11H2;(H2,1,2,3,4). The van der Waals surface area contributed by atoms with Crippen molar-refractivity contribution in [3.05, 3.63) is 60.7 Å². The van der Waals surface area contributed by atoms with Gasteiger partial charge in [0.05, 0.1) is 43.3 Å².